The van der Waals surface area contributed by atoms with Gasteiger partial charge in [0.2, 0.25) is 0 Å². The van der Waals surface area contributed by atoms with Crippen LogP contribution in [0.3, 0.4) is 0 Å². The van der Waals surface area contributed by atoms with Gasteiger partial charge in [-0.2, -0.15) is 0 Å². The van der Waals surface area contributed by atoms with Crippen molar-refractivity contribution < 1.29 is 14.7 Å². The Bertz CT molecular complexity index is 1050. The van der Waals surface area contributed by atoms with E-state index in [1.165, 1.54) is 21.2 Å². The molecule has 2 aliphatic heterocycles. The number of nitrogens with zero attached hydrogens (tertiary/aromatic N) is 2. The van der Waals surface area contributed by atoms with Crippen molar-refractivity contribution in [3.63, 3.8) is 0 Å². The lowest BCUT2D eigenvalue weighted by Gasteiger charge is -2.51. The molecule has 3 N–H and O–H groups in total. The third-order valence-corrected chi connectivity index (χ3v) is 6.73. The first-order chi connectivity index (χ1) is 16.4. The van der Waals surface area contributed by atoms with Crippen molar-refractivity contribution in [2.75, 3.05) is 20.2 Å². The maximum Gasteiger partial charge on any atom is 0.327 e. The fourth-order valence-electron chi connectivity index (χ4n) is 5.04. The van der Waals surface area contributed by atoms with Crippen LogP contribution in [0.25, 0.3) is 10.8 Å². The molecule has 2 fully saturated rings. The molecule has 0 bridgehead atoms. The molecule has 7 nitrogen and oxygen atoms in total. The number of piperazine rings is 1. The SMILES string of the molecule is CC(C)CN1C(=O)N(C)C(=O)C2NC(/C=C\CCCO)C(Cc3cccc4ccccc34)NC21. The molecule has 4 unspecified atom stereocenters. The van der Waals surface area contributed by atoms with Crippen LogP contribution >= 0.6 is 0 Å². The monoisotopic (exact) mass is 464 g/mol. The van der Waals surface area contributed by atoms with Crippen molar-refractivity contribution in [1.29, 1.82) is 0 Å². The number of urea groups is 1. The molecule has 7 heteroatoms. The topological polar surface area (TPSA) is 84.9 Å². The van der Waals surface area contributed by atoms with Gasteiger partial charge < -0.3 is 10.0 Å². The molecule has 2 aromatic rings. The fraction of sp³-hybridized carbons (Fsp3) is 0.481. The minimum atomic E-state index is -0.516. The second-order valence-corrected chi connectivity index (χ2v) is 9.75. The zero-order valence-electron chi connectivity index (χ0n) is 20.3. The van der Waals surface area contributed by atoms with Crippen LogP contribution < -0.4 is 10.6 Å². The van der Waals surface area contributed by atoms with Crippen molar-refractivity contribution >= 4 is 22.7 Å². The average molecular weight is 465 g/mol. The number of carbonyl (C=O) groups is 2. The molecular formula is C27H36N4O3. The number of hydrogen-bond acceptors (Lipinski definition) is 5. The third kappa shape index (κ3) is 5.02. The molecule has 2 heterocycles. The van der Waals surface area contributed by atoms with Crippen LogP contribution in [0.5, 0.6) is 0 Å². The van der Waals surface area contributed by atoms with E-state index >= 15 is 0 Å². The first kappa shape index (κ1) is 24.4. The van der Waals surface area contributed by atoms with Gasteiger partial charge in [-0.1, -0.05) is 68.5 Å². The van der Waals surface area contributed by atoms with E-state index in [4.69, 9.17) is 5.11 Å². The molecule has 182 valence electrons. The van der Waals surface area contributed by atoms with E-state index in [1.54, 1.807) is 11.9 Å². The molecule has 3 amide bonds. The summed E-state index contributed by atoms with van der Waals surface area (Å²) in [6.45, 7) is 4.88. The Morgan fingerprint density at radius 1 is 1.09 bits per heavy atom. The van der Waals surface area contributed by atoms with E-state index in [1.807, 2.05) is 6.07 Å². The van der Waals surface area contributed by atoms with Crippen molar-refractivity contribution in [3.05, 3.63) is 60.2 Å². The summed E-state index contributed by atoms with van der Waals surface area (Å²) in [6.07, 6.45) is 6.00. The van der Waals surface area contributed by atoms with Crippen molar-refractivity contribution in [2.45, 2.75) is 57.4 Å². The predicted molar refractivity (Wildman–Crippen MR) is 134 cm³/mol. The maximum absolute atomic E-state index is 13.1. The summed E-state index contributed by atoms with van der Waals surface area (Å²) in [5, 5.41) is 18.8. The largest absolute Gasteiger partial charge is 0.396 e. The van der Waals surface area contributed by atoms with E-state index in [-0.39, 0.29) is 36.5 Å². The number of carbonyl (C=O) groups excluding carboxylic acids is 2. The van der Waals surface area contributed by atoms with Crippen molar-refractivity contribution in [1.82, 2.24) is 20.4 Å². The number of aliphatic hydroxyl groups is 1. The Hall–Kier alpha value is -2.74. The van der Waals surface area contributed by atoms with Gasteiger partial charge in [0.15, 0.2) is 0 Å². The smallest absolute Gasteiger partial charge is 0.327 e. The van der Waals surface area contributed by atoms with Gasteiger partial charge in [0, 0.05) is 32.3 Å². The Labute approximate surface area is 201 Å². The fourth-order valence-corrected chi connectivity index (χ4v) is 5.04. The van der Waals surface area contributed by atoms with Crippen molar-refractivity contribution in [2.24, 2.45) is 5.92 Å². The van der Waals surface area contributed by atoms with Crippen LogP contribution in [-0.2, 0) is 11.2 Å². The zero-order chi connectivity index (χ0) is 24.2. The minimum absolute atomic E-state index is 0.0175. The van der Waals surface area contributed by atoms with Gasteiger partial charge in [0.05, 0.1) is 0 Å². The quantitative estimate of drug-likeness (QED) is 0.413. The van der Waals surface area contributed by atoms with Gasteiger partial charge in [0.1, 0.15) is 12.2 Å². The van der Waals surface area contributed by atoms with Crippen LogP contribution in [0.15, 0.2) is 54.6 Å². The van der Waals surface area contributed by atoms with Gasteiger partial charge in [0.25, 0.3) is 5.91 Å². The summed E-state index contributed by atoms with van der Waals surface area (Å²) in [5.74, 6) is 0.0699. The highest BCUT2D eigenvalue weighted by Crippen LogP contribution is 2.26. The highest BCUT2D eigenvalue weighted by atomic mass is 16.3. The molecular weight excluding hydrogens is 428 g/mol. The maximum atomic E-state index is 13.1. The molecule has 0 radical (unpaired) electrons. The first-order valence-electron chi connectivity index (χ1n) is 12.2. The number of unbranched alkanes of at least 4 members (excludes halogenated alkanes) is 1. The summed E-state index contributed by atoms with van der Waals surface area (Å²) >= 11 is 0. The van der Waals surface area contributed by atoms with Crippen LogP contribution in [0.1, 0.15) is 32.3 Å². The number of aliphatic hydroxyl groups excluding tert-OH is 1. The summed E-state index contributed by atoms with van der Waals surface area (Å²) in [5.41, 5.74) is 1.23. The summed E-state index contributed by atoms with van der Waals surface area (Å²) in [6, 6.07) is 13.8. The van der Waals surface area contributed by atoms with Crippen LogP contribution in [-0.4, -0.2) is 71.3 Å². The standard InChI is InChI=1S/C27H36N4O3/c1-18(2)17-31-25-24(26(33)30(3)27(31)34)28-22(14-5-4-8-15-32)23(29-25)16-20-12-9-11-19-10-6-7-13-21(19)20/h5-7,9-14,18,22-25,28-29,32H,4,8,15-17H2,1-3H3/b14-5-. The zero-order valence-corrected chi connectivity index (χ0v) is 20.3. The second-order valence-electron chi connectivity index (χ2n) is 9.75. The molecule has 0 aliphatic carbocycles. The number of hydrogen-bond donors (Lipinski definition) is 3. The molecule has 2 aromatic carbocycles. The Morgan fingerprint density at radius 2 is 1.85 bits per heavy atom. The van der Waals surface area contributed by atoms with E-state index < -0.39 is 12.2 Å². The molecule has 0 saturated carbocycles. The van der Waals surface area contributed by atoms with E-state index in [2.05, 4.69) is 73.0 Å². The van der Waals surface area contributed by atoms with E-state index in [0.717, 1.165) is 12.8 Å². The normalized spacial score (nSPS) is 25.6. The molecule has 0 spiro atoms. The van der Waals surface area contributed by atoms with Crippen LogP contribution in [0.2, 0.25) is 0 Å². The number of likely N-dealkylation sites (N-methyl/N-ethyl adjacent to an activating group) is 1. The predicted octanol–water partition coefficient (Wildman–Crippen LogP) is 2.89. The number of amides is 3. The van der Waals surface area contributed by atoms with Crippen LogP contribution in [0, 0.1) is 5.92 Å². The van der Waals surface area contributed by atoms with Gasteiger partial charge >= 0.3 is 6.03 Å². The summed E-state index contributed by atoms with van der Waals surface area (Å²) in [7, 11) is 1.56. The third-order valence-electron chi connectivity index (χ3n) is 6.73. The van der Waals surface area contributed by atoms with Gasteiger partial charge in [-0.15, -0.1) is 0 Å². The van der Waals surface area contributed by atoms with Crippen molar-refractivity contribution in [3.8, 4) is 0 Å². The number of allylic oxidation sites excluding steroid dienone is 1. The molecule has 0 aromatic heterocycles. The lowest BCUT2D eigenvalue weighted by molar-refractivity contribution is -0.137. The second kappa shape index (κ2) is 10.7. The highest BCUT2D eigenvalue weighted by molar-refractivity contribution is 6.00. The number of fused-ring (bicyclic) bond motifs is 2. The molecule has 2 aliphatic rings. The number of rotatable bonds is 8. The van der Waals surface area contributed by atoms with Gasteiger partial charge in [-0.25, -0.2) is 4.79 Å². The minimum Gasteiger partial charge on any atom is -0.396 e. The number of imide groups is 1. The lowest BCUT2D eigenvalue weighted by Crippen LogP contribution is -2.78. The Morgan fingerprint density at radius 3 is 2.62 bits per heavy atom. The molecule has 2 saturated heterocycles. The average Bonchev–Trinajstić information content (AvgIpc) is 2.83. The Balaban J connectivity index is 1.66. The Kier molecular flexibility index (Phi) is 7.66. The molecule has 34 heavy (non-hydrogen) atoms. The molecule has 4 rings (SSSR count). The lowest BCUT2D eigenvalue weighted by atomic mass is 9.90. The van der Waals surface area contributed by atoms with Gasteiger partial charge in [-0.05, 0) is 41.5 Å². The highest BCUT2D eigenvalue weighted by Gasteiger charge is 2.49. The first-order valence-corrected chi connectivity index (χ1v) is 12.2. The van der Waals surface area contributed by atoms with E-state index in [9.17, 15) is 9.59 Å². The number of benzene rings is 2. The number of nitrogens with one attached hydrogen (secondary N) is 2. The van der Waals surface area contributed by atoms with Gasteiger partial charge in [-0.3, -0.25) is 20.3 Å². The summed E-state index contributed by atoms with van der Waals surface area (Å²) < 4.78 is 0. The summed E-state index contributed by atoms with van der Waals surface area (Å²) in [4.78, 5) is 29.1. The molecule has 4 atom stereocenters. The van der Waals surface area contributed by atoms with Crippen LogP contribution in [0.4, 0.5) is 4.79 Å². The van der Waals surface area contributed by atoms with E-state index in [0.29, 0.717) is 13.0 Å².